The number of ether oxygens (including phenoxy) is 3. The smallest absolute Gasteiger partial charge is 0.449 e. The molecule has 0 saturated carbocycles. The van der Waals surface area contributed by atoms with E-state index in [2.05, 4.69) is 0 Å². The number of carbonyl (C=O) groups is 1. The average Bonchev–Trinajstić information content (AvgIpc) is 3.48. The monoisotopic (exact) mass is 445 g/mol. The van der Waals surface area contributed by atoms with Gasteiger partial charge in [0.1, 0.15) is 16.9 Å². The molecule has 0 saturated heterocycles. The van der Waals surface area contributed by atoms with Crippen LogP contribution in [-0.4, -0.2) is 19.8 Å². The maximum atomic E-state index is 13.8. The minimum Gasteiger partial charge on any atom is -0.496 e. The first kappa shape index (κ1) is 20.3. The molecule has 0 spiro atoms. The summed E-state index contributed by atoms with van der Waals surface area (Å²) in [5.41, 5.74) is 0.691. The highest BCUT2D eigenvalue weighted by Gasteiger charge is 2.50. The Bertz CT molecular complexity index is 1220. The minimum absolute atomic E-state index is 0.0300. The lowest BCUT2D eigenvalue weighted by Crippen LogP contribution is -2.39. The van der Waals surface area contributed by atoms with Crippen molar-refractivity contribution in [3.05, 3.63) is 71.2 Å². The number of anilines is 1. The normalized spacial score (nSPS) is 19.4. The van der Waals surface area contributed by atoms with Crippen molar-refractivity contribution in [2.75, 3.05) is 18.8 Å². The van der Waals surface area contributed by atoms with Crippen LogP contribution in [0.3, 0.4) is 0 Å². The van der Waals surface area contributed by atoms with E-state index in [4.69, 9.17) is 18.6 Å². The van der Waals surface area contributed by atoms with Gasteiger partial charge in [-0.05, 0) is 36.8 Å². The zero-order chi connectivity index (χ0) is 22.7. The third-order valence-corrected chi connectivity index (χ3v) is 5.89. The second-order valence-corrected chi connectivity index (χ2v) is 7.70. The summed E-state index contributed by atoms with van der Waals surface area (Å²) in [6.45, 7) is 1.68. The zero-order valence-corrected chi connectivity index (χ0v) is 17.2. The van der Waals surface area contributed by atoms with E-state index in [1.54, 1.807) is 31.2 Å². The van der Waals surface area contributed by atoms with Crippen LogP contribution in [0.5, 0.6) is 17.2 Å². The Kier molecular flexibility index (Phi) is 4.40. The number of benzene rings is 2. The molecule has 1 amide bonds. The lowest BCUT2D eigenvalue weighted by atomic mass is 9.76. The van der Waals surface area contributed by atoms with Crippen molar-refractivity contribution in [3.8, 4) is 17.2 Å². The summed E-state index contributed by atoms with van der Waals surface area (Å²) < 4.78 is 60.3. The molecule has 3 aromatic rings. The summed E-state index contributed by atoms with van der Waals surface area (Å²) in [5, 5.41) is 0. The van der Waals surface area contributed by atoms with E-state index >= 15 is 0 Å². The number of fused-ring (bicyclic) bond motifs is 2. The summed E-state index contributed by atoms with van der Waals surface area (Å²) in [4.78, 5) is 15.2. The van der Waals surface area contributed by atoms with Crippen molar-refractivity contribution in [1.82, 2.24) is 0 Å². The fourth-order valence-corrected chi connectivity index (χ4v) is 4.30. The van der Waals surface area contributed by atoms with Gasteiger partial charge in [-0.25, -0.2) is 0 Å². The van der Waals surface area contributed by atoms with E-state index in [1.807, 2.05) is 12.1 Å². The summed E-state index contributed by atoms with van der Waals surface area (Å²) in [6.07, 6.45) is -4.60. The predicted molar refractivity (Wildman–Crippen MR) is 107 cm³/mol. The third kappa shape index (κ3) is 2.91. The van der Waals surface area contributed by atoms with Crippen LogP contribution in [0.4, 0.5) is 18.9 Å². The van der Waals surface area contributed by atoms with E-state index in [0.717, 1.165) is 6.07 Å². The molecule has 0 fully saturated rings. The van der Waals surface area contributed by atoms with E-state index in [0.29, 0.717) is 34.1 Å². The molecule has 1 aromatic heterocycles. The van der Waals surface area contributed by atoms with Crippen molar-refractivity contribution in [2.45, 2.75) is 25.1 Å². The van der Waals surface area contributed by atoms with Gasteiger partial charge in [0.25, 0.3) is 0 Å². The van der Waals surface area contributed by atoms with E-state index in [9.17, 15) is 18.0 Å². The summed E-state index contributed by atoms with van der Waals surface area (Å²) in [6, 6.07) is 12.6. The lowest BCUT2D eigenvalue weighted by Gasteiger charge is -2.27. The number of amides is 1. The Morgan fingerprint density at radius 1 is 1.06 bits per heavy atom. The van der Waals surface area contributed by atoms with Crippen molar-refractivity contribution in [3.63, 3.8) is 0 Å². The SMILES string of the molecule is COc1cc2c(cc1[C@@]1(C)C(=O)N(Cc3ccc(C(F)(F)F)o3)c3ccccc31)OCO2. The summed E-state index contributed by atoms with van der Waals surface area (Å²) in [5.74, 6) is 0.0570. The number of nitrogens with zero attached hydrogens (tertiary/aromatic N) is 1. The molecule has 0 N–H and O–H groups in total. The fourth-order valence-electron chi connectivity index (χ4n) is 4.30. The molecule has 2 aliphatic heterocycles. The zero-order valence-electron chi connectivity index (χ0n) is 17.2. The van der Waals surface area contributed by atoms with Gasteiger partial charge in [-0.3, -0.25) is 4.79 Å². The molecule has 0 radical (unpaired) electrons. The van der Waals surface area contributed by atoms with Crippen molar-refractivity contribution >= 4 is 11.6 Å². The van der Waals surface area contributed by atoms with Crippen LogP contribution in [0.15, 0.2) is 52.9 Å². The molecular formula is C23H18F3NO5. The van der Waals surface area contributed by atoms with Gasteiger partial charge in [0, 0.05) is 17.3 Å². The number of hydrogen-bond donors (Lipinski definition) is 0. The molecular weight excluding hydrogens is 427 g/mol. The van der Waals surface area contributed by atoms with Crippen LogP contribution in [0.2, 0.25) is 0 Å². The largest absolute Gasteiger partial charge is 0.496 e. The predicted octanol–water partition coefficient (Wildman–Crippen LogP) is 4.89. The van der Waals surface area contributed by atoms with Gasteiger partial charge >= 0.3 is 6.18 Å². The molecule has 0 aliphatic carbocycles. The number of para-hydroxylation sites is 1. The van der Waals surface area contributed by atoms with Crippen LogP contribution in [-0.2, 0) is 22.9 Å². The maximum Gasteiger partial charge on any atom is 0.449 e. The quantitative estimate of drug-likeness (QED) is 0.573. The topological polar surface area (TPSA) is 61.1 Å². The highest BCUT2D eigenvalue weighted by atomic mass is 19.4. The Balaban J connectivity index is 1.60. The van der Waals surface area contributed by atoms with Crippen LogP contribution in [0.25, 0.3) is 0 Å². The van der Waals surface area contributed by atoms with Gasteiger partial charge in [-0.2, -0.15) is 13.2 Å². The van der Waals surface area contributed by atoms with E-state index in [-0.39, 0.29) is 25.0 Å². The average molecular weight is 445 g/mol. The molecule has 0 bridgehead atoms. The molecule has 166 valence electrons. The van der Waals surface area contributed by atoms with Crippen LogP contribution >= 0.6 is 0 Å². The lowest BCUT2D eigenvalue weighted by molar-refractivity contribution is -0.153. The van der Waals surface area contributed by atoms with Gasteiger partial charge < -0.3 is 23.5 Å². The molecule has 2 aliphatic rings. The molecule has 3 heterocycles. The minimum atomic E-state index is -4.60. The molecule has 0 unspecified atom stereocenters. The van der Waals surface area contributed by atoms with Gasteiger partial charge in [0.15, 0.2) is 11.5 Å². The Labute approximate surface area is 181 Å². The Hall–Kier alpha value is -3.62. The molecule has 32 heavy (non-hydrogen) atoms. The Morgan fingerprint density at radius 3 is 2.47 bits per heavy atom. The maximum absolute atomic E-state index is 13.8. The molecule has 1 atom stereocenters. The number of halogens is 3. The number of alkyl halides is 3. The van der Waals surface area contributed by atoms with Crippen molar-refractivity contribution < 1.29 is 36.6 Å². The highest BCUT2D eigenvalue weighted by molar-refractivity contribution is 6.10. The number of rotatable bonds is 4. The first-order valence-electron chi connectivity index (χ1n) is 9.79. The molecule has 5 rings (SSSR count). The van der Waals surface area contributed by atoms with Crippen molar-refractivity contribution in [2.24, 2.45) is 0 Å². The summed E-state index contributed by atoms with van der Waals surface area (Å²) in [7, 11) is 1.50. The molecule has 9 heteroatoms. The molecule has 6 nitrogen and oxygen atoms in total. The first-order chi connectivity index (χ1) is 15.2. The van der Waals surface area contributed by atoms with Crippen LogP contribution < -0.4 is 19.1 Å². The summed E-state index contributed by atoms with van der Waals surface area (Å²) >= 11 is 0. The standard InChI is InChI=1S/C23H18F3NO5/c1-22(15-9-18-19(31-12-30-18)10-17(15)29-2)14-5-3-4-6-16(14)27(21(22)28)11-13-7-8-20(32-13)23(24,25)26/h3-10H,11-12H2,1-2H3/t22-/m0/s1. The third-order valence-electron chi connectivity index (χ3n) is 5.89. The van der Waals surface area contributed by atoms with E-state index in [1.165, 1.54) is 18.1 Å². The van der Waals surface area contributed by atoms with Crippen molar-refractivity contribution in [1.29, 1.82) is 0 Å². The number of hydrogen-bond acceptors (Lipinski definition) is 5. The fraction of sp³-hybridized carbons (Fsp3) is 0.261. The van der Waals surface area contributed by atoms with Crippen LogP contribution in [0, 0.1) is 0 Å². The number of methoxy groups -OCH3 is 1. The first-order valence-corrected chi connectivity index (χ1v) is 9.79. The second kappa shape index (κ2) is 6.94. The van der Waals surface area contributed by atoms with Gasteiger partial charge in [0.2, 0.25) is 18.5 Å². The highest BCUT2D eigenvalue weighted by Crippen LogP contribution is 2.51. The van der Waals surface area contributed by atoms with Crippen LogP contribution in [0.1, 0.15) is 29.6 Å². The van der Waals surface area contributed by atoms with Gasteiger partial charge in [-0.15, -0.1) is 0 Å². The molecule has 2 aromatic carbocycles. The Morgan fingerprint density at radius 2 is 1.78 bits per heavy atom. The number of furan rings is 1. The van der Waals surface area contributed by atoms with Gasteiger partial charge in [-0.1, -0.05) is 18.2 Å². The van der Waals surface area contributed by atoms with E-state index < -0.39 is 17.4 Å². The van der Waals surface area contributed by atoms with Gasteiger partial charge in [0.05, 0.1) is 13.7 Å². The second-order valence-electron chi connectivity index (χ2n) is 7.70. The number of carbonyl (C=O) groups excluding carboxylic acids is 1.